The molecular formula is C12H12BrNO. The van der Waals surface area contributed by atoms with Crippen molar-refractivity contribution in [1.29, 1.82) is 0 Å². The SMILES string of the molecule is Nc1ccc(Br)c(C(=O)C2=CCCC2)c1. The molecule has 15 heavy (non-hydrogen) atoms. The molecule has 0 heterocycles. The summed E-state index contributed by atoms with van der Waals surface area (Å²) < 4.78 is 0.814. The lowest BCUT2D eigenvalue weighted by atomic mass is 10.0. The number of carbonyl (C=O) groups excluding carboxylic acids is 1. The number of nitrogen functional groups attached to an aromatic ring is 1. The highest BCUT2D eigenvalue weighted by atomic mass is 79.9. The average Bonchev–Trinajstić information content (AvgIpc) is 2.74. The van der Waals surface area contributed by atoms with Crippen molar-refractivity contribution in [2.24, 2.45) is 0 Å². The summed E-state index contributed by atoms with van der Waals surface area (Å²) in [5.41, 5.74) is 7.88. The van der Waals surface area contributed by atoms with E-state index in [1.54, 1.807) is 12.1 Å². The molecule has 0 aliphatic heterocycles. The summed E-state index contributed by atoms with van der Waals surface area (Å²) in [5, 5.41) is 0. The summed E-state index contributed by atoms with van der Waals surface area (Å²) in [6.07, 6.45) is 5.01. The van der Waals surface area contributed by atoms with Gasteiger partial charge in [0, 0.05) is 15.7 Å². The molecule has 3 heteroatoms. The highest BCUT2D eigenvalue weighted by Gasteiger charge is 2.17. The molecule has 2 nitrogen and oxygen atoms in total. The molecule has 0 spiro atoms. The number of nitrogens with two attached hydrogens (primary N) is 1. The van der Waals surface area contributed by atoms with Crippen LogP contribution in [0, 0.1) is 0 Å². The zero-order chi connectivity index (χ0) is 10.8. The highest BCUT2D eigenvalue weighted by Crippen LogP contribution is 2.27. The molecule has 0 fully saturated rings. The first-order valence-corrected chi connectivity index (χ1v) is 5.76. The van der Waals surface area contributed by atoms with Gasteiger partial charge in [0.2, 0.25) is 0 Å². The Labute approximate surface area is 97.3 Å². The van der Waals surface area contributed by atoms with Crippen LogP contribution in [-0.4, -0.2) is 5.78 Å². The van der Waals surface area contributed by atoms with Gasteiger partial charge in [0.1, 0.15) is 0 Å². The normalized spacial score (nSPS) is 15.1. The highest BCUT2D eigenvalue weighted by molar-refractivity contribution is 9.10. The predicted molar refractivity (Wildman–Crippen MR) is 64.8 cm³/mol. The fourth-order valence-corrected chi connectivity index (χ4v) is 2.19. The van der Waals surface area contributed by atoms with Crippen LogP contribution in [0.1, 0.15) is 29.6 Å². The second-order valence-corrected chi connectivity index (χ2v) is 4.54. The van der Waals surface area contributed by atoms with Gasteiger partial charge in [0.05, 0.1) is 0 Å². The van der Waals surface area contributed by atoms with Gasteiger partial charge in [0.25, 0.3) is 0 Å². The van der Waals surface area contributed by atoms with Crippen molar-refractivity contribution in [2.75, 3.05) is 5.73 Å². The Morgan fingerprint density at radius 2 is 2.20 bits per heavy atom. The van der Waals surface area contributed by atoms with Gasteiger partial charge >= 0.3 is 0 Å². The number of anilines is 1. The van der Waals surface area contributed by atoms with Crippen LogP contribution >= 0.6 is 15.9 Å². The first-order chi connectivity index (χ1) is 7.18. The molecule has 1 aromatic carbocycles. The average molecular weight is 266 g/mol. The number of carbonyl (C=O) groups is 1. The number of hydrogen-bond donors (Lipinski definition) is 1. The lowest BCUT2D eigenvalue weighted by molar-refractivity contribution is 0.103. The van der Waals surface area contributed by atoms with Gasteiger partial charge < -0.3 is 5.73 Å². The van der Waals surface area contributed by atoms with E-state index in [2.05, 4.69) is 15.9 Å². The minimum absolute atomic E-state index is 0.103. The molecule has 0 saturated heterocycles. The first-order valence-electron chi connectivity index (χ1n) is 4.97. The van der Waals surface area contributed by atoms with Gasteiger partial charge in [-0.15, -0.1) is 0 Å². The van der Waals surface area contributed by atoms with Crippen LogP contribution < -0.4 is 5.73 Å². The van der Waals surface area contributed by atoms with Crippen molar-refractivity contribution in [1.82, 2.24) is 0 Å². The number of hydrogen-bond acceptors (Lipinski definition) is 2. The van der Waals surface area contributed by atoms with Crippen LogP contribution in [0.4, 0.5) is 5.69 Å². The van der Waals surface area contributed by atoms with Crippen LogP contribution in [-0.2, 0) is 0 Å². The zero-order valence-electron chi connectivity index (χ0n) is 8.29. The van der Waals surface area contributed by atoms with Crippen LogP contribution in [0.15, 0.2) is 34.3 Å². The minimum Gasteiger partial charge on any atom is -0.399 e. The summed E-state index contributed by atoms with van der Waals surface area (Å²) in [5.74, 6) is 0.103. The van der Waals surface area contributed by atoms with Crippen molar-refractivity contribution in [2.45, 2.75) is 19.3 Å². The molecule has 1 aliphatic carbocycles. The Balaban J connectivity index is 2.36. The van der Waals surface area contributed by atoms with E-state index in [4.69, 9.17) is 5.73 Å². The molecule has 2 N–H and O–H groups in total. The Kier molecular flexibility index (Phi) is 2.91. The maximum atomic E-state index is 12.1. The third kappa shape index (κ3) is 2.12. The Morgan fingerprint density at radius 3 is 2.87 bits per heavy atom. The van der Waals surface area contributed by atoms with Gasteiger partial charge in [-0.25, -0.2) is 0 Å². The van der Waals surface area contributed by atoms with Crippen LogP contribution in [0.25, 0.3) is 0 Å². The summed E-state index contributed by atoms with van der Waals surface area (Å²) in [7, 11) is 0. The molecule has 0 bridgehead atoms. The Bertz CT molecular complexity index is 437. The van der Waals surface area contributed by atoms with Crippen molar-refractivity contribution in [3.8, 4) is 0 Å². The second kappa shape index (κ2) is 4.19. The molecule has 0 amide bonds. The minimum atomic E-state index is 0.103. The lowest BCUT2D eigenvalue weighted by Crippen LogP contribution is -2.03. The molecule has 0 unspecified atom stereocenters. The smallest absolute Gasteiger partial charge is 0.189 e. The Hall–Kier alpha value is -1.09. The van der Waals surface area contributed by atoms with E-state index in [1.165, 1.54) is 0 Å². The molecule has 2 rings (SSSR count). The van der Waals surface area contributed by atoms with Crippen molar-refractivity contribution in [3.05, 3.63) is 39.9 Å². The molecule has 0 atom stereocenters. The zero-order valence-corrected chi connectivity index (χ0v) is 9.88. The second-order valence-electron chi connectivity index (χ2n) is 3.69. The molecule has 0 aromatic heterocycles. The van der Waals surface area contributed by atoms with Crippen LogP contribution in [0.5, 0.6) is 0 Å². The molecular weight excluding hydrogens is 254 g/mol. The van der Waals surface area contributed by atoms with Gasteiger partial charge in [0.15, 0.2) is 5.78 Å². The first kappa shape index (κ1) is 10.4. The van der Waals surface area contributed by atoms with Crippen LogP contribution in [0.3, 0.4) is 0 Å². The third-order valence-corrected chi connectivity index (χ3v) is 3.26. The number of benzene rings is 1. The lowest BCUT2D eigenvalue weighted by Gasteiger charge is -2.05. The van der Waals surface area contributed by atoms with E-state index in [0.29, 0.717) is 11.3 Å². The summed E-state index contributed by atoms with van der Waals surface area (Å²) in [4.78, 5) is 12.1. The topological polar surface area (TPSA) is 43.1 Å². The standard InChI is InChI=1S/C12H12BrNO/c13-11-6-5-9(14)7-10(11)12(15)8-3-1-2-4-8/h3,5-7H,1-2,4,14H2. The Morgan fingerprint density at radius 1 is 1.40 bits per heavy atom. The van der Waals surface area contributed by atoms with Gasteiger partial charge in [-0.05, 0) is 43.0 Å². The van der Waals surface area contributed by atoms with E-state index < -0.39 is 0 Å². The maximum Gasteiger partial charge on any atom is 0.189 e. The summed E-state index contributed by atoms with van der Waals surface area (Å²) in [6, 6.07) is 5.33. The summed E-state index contributed by atoms with van der Waals surface area (Å²) in [6.45, 7) is 0. The summed E-state index contributed by atoms with van der Waals surface area (Å²) >= 11 is 3.37. The number of allylic oxidation sites excluding steroid dienone is 2. The van der Waals surface area contributed by atoms with E-state index in [-0.39, 0.29) is 5.78 Å². The fourth-order valence-electron chi connectivity index (χ4n) is 1.77. The van der Waals surface area contributed by atoms with Gasteiger partial charge in [-0.3, -0.25) is 4.79 Å². The van der Waals surface area contributed by atoms with E-state index in [0.717, 1.165) is 29.3 Å². The molecule has 1 aliphatic rings. The fraction of sp³-hybridized carbons (Fsp3) is 0.250. The van der Waals surface area contributed by atoms with Crippen molar-refractivity contribution < 1.29 is 4.79 Å². The third-order valence-electron chi connectivity index (χ3n) is 2.57. The number of halogens is 1. The number of ketones is 1. The number of Topliss-reactive ketones (excluding diaryl/α,β-unsaturated/α-hetero) is 1. The monoisotopic (exact) mass is 265 g/mol. The molecule has 78 valence electrons. The van der Waals surface area contributed by atoms with Gasteiger partial charge in [-0.2, -0.15) is 0 Å². The van der Waals surface area contributed by atoms with E-state index in [1.807, 2.05) is 12.1 Å². The van der Waals surface area contributed by atoms with Crippen LogP contribution in [0.2, 0.25) is 0 Å². The maximum absolute atomic E-state index is 12.1. The van der Waals surface area contributed by atoms with E-state index in [9.17, 15) is 4.79 Å². The number of rotatable bonds is 2. The predicted octanol–water partition coefficient (Wildman–Crippen LogP) is 3.32. The molecule has 1 aromatic rings. The van der Waals surface area contributed by atoms with Crippen molar-refractivity contribution in [3.63, 3.8) is 0 Å². The quantitative estimate of drug-likeness (QED) is 0.659. The van der Waals surface area contributed by atoms with E-state index >= 15 is 0 Å². The molecule has 0 saturated carbocycles. The largest absolute Gasteiger partial charge is 0.399 e. The van der Waals surface area contributed by atoms with Crippen molar-refractivity contribution >= 4 is 27.4 Å². The van der Waals surface area contributed by atoms with Gasteiger partial charge in [-0.1, -0.05) is 22.0 Å². The molecule has 0 radical (unpaired) electrons.